The summed E-state index contributed by atoms with van der Waals surface area (Å²) in [6, 6.07) is 4.66. The highest BCUT2D eigenvalue weighted by molar-refractivity contribution is 6.30. The number of aliphatic hydroxyl groups is 1. The first kappa shape index (κ1) is 13.5. The van der Waals surface area contributed by atoms with E-state index in [4.69, 9.17) is 11.6 Å². The summed E-state index contributed by atoms with van der Waals surface area (Å²) in [5, 5.41) is 10.2. The third-order valence-corrected chi connectivity index (χ3v) is 3.53. The van der Waals surface area contributed by atoms with Crippen LogP contribution in [0, 0.1) is 11.2 Å². The number of rotatable bonds is 4. The number of aliphatic hydroxyl groups excluding tert-OH is 1. The van der Waals surface area contributed by atoms with Crippen molar-refractivity contribution in [3.05, 3.63) is 34.6 Å². The normalized spacial score (nSPS) is 13.9. The Morgan fingerprint density at radius 2 is 2.06 bits per heavy atom. The third-order valence-electron chi connectivity index (χ3n) is 3.23. The molecule has 0 aliphatic carbocycles. The number of hydrogen-bond acceptors (Lipinski definition) is 1. The second kappa shape index (κ2) is 5.15. The summed E-state index contributed by atoms with van der Waals surface area (Å²) >= 11 is 5.60. The highest BCUT2D eigenvalue weighted by Crippen LogP contribution is 2.27. The van der Waals surface area contributed by atoms with Crippen LogP contribution in [-0.2, 0) is 6.42 Å². The van der Waals surface area contributed by atoms with Crippen LogP contribution in [0.2, 0.25) is 5.02 Å². The van der Waals surface area contributed by atoms with E-state index in [0.29, 0.717) is 6.42 Å². The van der Waals surface area contributed by atoms with Crippen LogP contribution in [0.15, 0.2) is 18.2 Å². The second-order valence-electron chi connectivity index (χ2n) is 4.81. The molecule has 0 spiro atoms. The number of benzene rings is 1. The predicted octanol–water partition coefficient (Wildman–Crippen LogP) is 3.82. The van der Waals surface area contributed by atoms with Gasteiger partial charge in [0.15, 0.2) is 0 Å². The molecule has 90 valence electrons. The molecule has 0 fully saturated rings. The van der Waals surface area contributed by atoms with E-state index >= 15 is 0 Å². The summed E-state index contributed by atoms with van der Waals surface area (Å²) in [6.07, 6.45) is 0.859. The standard InChI is InChI=1S/C13H18ClFO/c1-4-13(2,3)12(16)8-9-5-6-10(14)11(15)7-9/h5-7,12,16H,4,8H2,1-3H3. The minimum Gasteiger partial charge on any atom is -0.392 e. The van der Waals surface area contributed by atoms with E-state index in [1.807, 2.05) is 20.8 Å². The molecule has 0 aromatic heterocycles. The van der Waals surface area contributed by atoms with Crippen molar-refractivity contribution in [3.8, 4) is 0 Å². The molecular weight excluding hydrogens is 227 g/mol. The molecule has 0 bridgehead atoms. The average molecular weight is 245 g/mol. The Hall–Kier alpha value is -0.600. The summed E-state index contributed by atoms with van der Waals surface area (Å²) < 4.78 is 13.2. The van der Waals surface area contributed by atoms with E-state index in [1.54, 1.807) is 6.07 Å². The molecule has 1 aromatic carbocycles. The van der Waals surface area contributed by atoms with Crippen LogP contribution < -0.4 is 0 Å². The maximum Gasteiger partial charge on any atom is 0.142 e. The molecule has 1 atom stereocenters. The van der Waals surface area contributed by atoms with E-state index in [0.717, 1.165) is 12.0 Å². The fourth-order valence-corrected chi connectivity index (χ4v) is 1.52. The monoisotopic (exact) mass is 244 g/mol. The Morgan fingerprint density at radius 1 is 1.44 bits per heavy atom. The van der Waals surface area contributed by atoms with Crippen molar-refractivity contribution in [2.45, 2.75) is 39.7 Å². The van der Waals surface area contributed by atoms with Crippen LogP contribution in [0.5, 0.6) is 0 Å². The van der Waals surface area contributed by atoms with E-state index in [2.05, 4.69) is 0 Å². The first-order chi connectivity index (χ1) is 7.36. The molecule has 1 rings (SSSR count). The molecule has 0 aliphatic heterocycles. The van der Waals surface area contributed by atoms with Crippen LogP contribution >= 0.6 is 11.6 Å². The molecule has 1 aromatic rings. The quantitative estimate of drug-likeness (QED) is 0.854. The van der Waals surface area contributed by atoms with Gasteiger partial charge >= 0.3 is 0 Å². The van der Waals surface area contributed by atoms with Crippen LogP contribution in [-0.4, -0.2) is 11.2 Å². The number of halogens is 2. The van der Waals surface area contributed by atoms with Crippen LogP contribution in [0.3, 0.4) is 0 Å². The molecule has 0 radical (unpaired) electrons. The second-order valence-corrected chi connectivity index (χ2v) is 5.22. The van der Waals surface area contributed by atoms with Crippen molar-refractivity contribution >= 4 is 11.6 Å². The maximum atomic E-state index is 13.2. The van der Waals surface area contributed by atoms with Gasteiger partial charge in [-0.3, -0.25) is 0 Å². The summed E-state index contributed by atoms with van der Waals surface area (Å²) in [5.74, 6) is -0.430. The maximum absolute atomic E-state index is 13.2. The smallest absolute Gasteiger partial charge is 0.142 e. The zero-order valence-electron chi connectivity index (χ0n) is 9.93. The van der Waals surface area contributed by atoms with Crippen molar-refractivity contribution < 1.29 is 9.50 Å². The van der Waals surface area contributed by atoms with Crippen molar-refractivity contribution in [2.24, 2.45) is 5.41 Å². The predicted molar refractivity (Wildman–Crippen MR) is 65.2 cm³/mol. The van der Waals surface area contributed by atoms with Gasteiger partial charge in [-0.2, -0.15) is 0 Å². The lowest BCUT2D eigenvalue weighted by Crippen LogP contribution is -2.30. The number of hydrogen-bond donors (Lipinski definition) is 1. The lowest BCUT2D eigenvalue weighted by molar-refractivity contribution is 0.0479. The average Bonchev–Trinajstić information content (AvgIpc) is 2.23. The van der Waals surface area contributed by atoms with Gasteiger partial charge in [0, 0.05) is 0 Å². The Balaban J connectivity index is 2.77. The lowest BCUT2D eigenvalue weighted by Gasteiger charge is -2.29. The SMILES string of the molecule is CCC(C)(C)C(O)Cc1ccc(Cl)c(F)c1. The van der Waals surface area contributed by atoms with Gasteiger partial charge in [0.1, 0.15) is 5.82 Å². The first-order valence-electron chi connectivity index (χ1n) is 5.49. The van der Waals surface area contributed by atoms with E-state index in [1.165, 1.54) is 12.1 Å². The van der Waals surface area contributed by atoms with E-state index in [-0.39, 0.29) is 10.4 Å². The summed E-state index contributed by atoms with van der Waals surface area (Å²) in [5.41, 5.74) is 0.617. The summed E-state index contributed by atoms with van der Waals surface area (Å²) in [7, 11) is 0. The highest BCUT2D eigenvalue weighted by atomic mass is 35.5. The fourth-order valence-electron chi connectivity index (χ4n) is 1.40. The van der Waals surface area contributed by atoms with Crippen molar-refractivity contribution in [1.82, 2.24) is 0 Å². The molecule has 0 amide bonds. The van der Waals surface area contributed by atoms with Crippen molar-refractivity contribution in [2.75, 3.05) is 0 Å². The van der Waals surface area contributed by atoms with Crippen LogP contribution in [0.25, 0.3) is 0 Å². The van der Waals surface area contributed by atoms with Gasteiger partial charge in [0.05, 0.1) is 11.1 Å². The summed E-state index contributed by atoms with van der Waals surface area (Å²) in [4.78, 5) is 0. The topological polar surface area (TPSA) is 20.2 Å². The zero-order valence-corrected chi connectivity index (χ0v) is 10.7. The molecule has 0 aliphatic rings. The van der Waals surface area contributed by atoms with Crippen molar-refractivity contribution in [1.29, 1.82) is 0 Å². The minimum absolute atomic E-state index is 0.119. The lowest BCUT2D eigenvalue weighted by atomic mass is 9.81. The van der Waals surface area contributed by atoms with Crippen LogP contribution in [0.4, 0.5) is 4.39 Å². The van der Waals surface area contributed by atoms with E-state index < -0.39 is 11.9 Å². The Morgan fingerprint density at radius 3 is 2.56 bits per heavy atom. The third kappa shape index (κ3) is 3.19. The first-order valence-corrected chi connectivity index (χ1v) is 5.86. The van der Waals surface area contributed by atoms with Gasteiger partial charge in [0.25, 0.3) is 0 Å². The molecule has 1 nitrogen and oxygen atoms in total. The van der Waals surface area contributed by atoms with Gasteiger partial charge < -0.3 is 5.11 Å². The van der Waals surface area contributed by atoms with Gasteiger partial charge in [-0.1, -0.05) is 38.4 Å². The molecule has 0 saturated heterocycles. The minimum atomic E-state index is -0.474. The largest absolute Gasteiger partial charge is 0.392 e. The van der Waals surface area contributed by atoms with Gasteiger partial charge in [-0.25, -0.2) is 4.39 Å². The van der Waals surface area contributed by atoms with Gasteiger partial charge in [-0.05, 0) is 36.0 Å². The Labute approximate surface area is 101 Å². The molecular formula is C13H18ClFO. The molecule has 1 N–H and O–H groups in total. The molecule has 0 heterocycles. The van der Waals surface area contributed by atoms with Crippen LogP contribution in [0.1, 0.15) is 32.8 Å². The van der Waals surface area contributed by atoms with E-state index in [9.17, 15) is 9.50 Å². The van der Waals surface area contributed by atoms with Gasteiger partial charge in [-0.15, -0.1) is 0 Å². The highest BCUT2D eigenvalue weighted by Gasteiger charge is 2.25. The summed E-state index contributed by atoms with van der Waals surface area (Å²) in [6.45, 7) is 6.04. The fraction of sp³-hybridized carbons (Fsp3) is 0.538. The molecule has 16 heavy (non-hydrogen) atoms. The zero-order chi connectivity index (χ0) is 12.3. The van der Waals surface area contributed by atoms with Gasteiger partial charge in [0.2, 0.25) is 0 Å². The molecule has 1 unspecified atom stereocenters. The molecule has 3 heteroatoms. The Bertz CT molecular complexity index is 363. The Kier molecular flexibility index (Phi) is 4.34. The molecule has 0 saturated carbocycles. The van der Waals surface area contributed by atoms with Crippen molar-refractivity contribution in [3.63, 3.8) is 0 Å².